The van der Waals surface area contributed by atoms with Crippen LogP contribution in [-0.2, 0) is 16.1 Å². The first-order chi connectivity index (χ1) is 10.6. The predicted molar refractivity (Wildman–Crippen MR) is 80.3 cm³/mol. The van der Waals surface area contributed by atoms with Crippen molar-refractivity contribution in [2.45, 2.75) is 44.7 Å². The summed E-state index contributed by atoms with van der Waals surface area (Å²) < 4.78 is 13.7. The van der Waals surface area contributed by atoms with Gasteiger partial charge in [0.25, 0.3) is 0 Å². The molecule has 0 unspecified atom stereocenters. The first kappa shape index (κ1) is 15.0. The van der Waals surface area contributed by atoms with Gasteiger partial charge in [0.1, 0.15) is 5.82 Å². The van der Waals surface area contributed by atoms with E-state index < -0.39 is 0 Å². The predicted octanol–water partition coefficient (Wildman–Crippen LogP) is 2.23. The molecule has 4 nitrogen and oxygen atoms in total. The lowest BCUT2D eigenvalue weighted by atomic mass is 9.91. The molecule has 2 aliphatic rings. The Morgan fingerprint density at radius 1 is 1.27 bits per heavy atom. The number of carbonyl (C=O) groups excluding carboxylic acids is 2. The van der Waals surface area contributed by atoms with Crippen LogP contribution in [0.1, 0.15) is 37.7 Å². The molecular formula is C17H21FN2O2. The number of piperidine rings is 1. The summed E-state index contributed by atoms with van der Waals surface area (Å²) in [6.45, 7) is 0.616. The van der Waals surface area contributed by atoms with Gasteiger partial charge in [0.2, 0.25) is 11.8 Å². The number of carbonyl (C=O) groups is 2. The molecule has 1 aliphatic carbocycles. The third kappa shape index (κ3) is 3.29. The largest absolute Gasteiger partial charge is 0.353 e. The van der Waals surface area contributed by atoms with Crippen LogP contribution >= 0.6 is 0 Å². The molecule has 1 saturated heterocycles. The van der Waals surface area contributed by atoms with Gasteiger partial charge in [-0.25, -0.2) is 4.39 Å². The topological polar surface area (TPSA) is 49.4 Å². The van der Waals surface area contributed by atoms with Crippen molar-refractivity contribution < 1.29 is 14.0 Å². The van der Waals surface area contributed by atoms with Crippen LogP contribution in [0.4, 0.5) is 4.39 Å². The minimum atomic E-state index is -0.309. The standard InChI is InChI=1S/C17H21FN2O2/c18-15-7-2-1-4-12(15)10-20-11-13(8-9-16(20)21)17(22)19-14-5-3-6-14/h1-2,4,7,13-14H,3,5-6,8-11H2,(H,19,22)/t13-/m1/s1. The van der Waals surface area contributed by atoms with Gasteiger partial charge in [0.15, 0.2) is 0 Å². The number of nitrogens with one attached hydrogen (secondary N) is 1. The van der Waals surface area contributed by atoms with Crippen LogP contribution in [0.2, 0.25) is 0 Å². The summed E-state index contributed by atoms with van der Waals surface area (Å²) in [6.07, 6.45) is 4.22. The van der Waals surface area contributed by atoms with E-state index in [-0.39, 0.29) is 30.1 Å². The van der Waals surface area contributed by atoms with Gasteiger partial charge >= 0.3 is 0 Å². The number of likely N-dealkylation sites (tertiary alicyclic amines) is 1. The van der Waals surface area contributed by atoms with E-state index in [4.69, 9.17) is 0 Å². The van der Waals surface area contributed by atoms with Crippen LogP contribution in [0, 0.1) is 11.7 Å². The minimum Gasteiger partial charge on any atom is -0.353 e. The van der Waals surface area contributed by atoms with Gasteiger partial charge in [-0.15, -0.1) is 0 Å². The summed E-state index contributed by atoms with van der Waals surface area (Å²) >= 11 is 0. The number of hydrogen-bond acceptors (Lipinski definition) is 2. The van der Waals surface area contributed by atoms with Gasteiger partial charge in [-0.05, 0) is 31.7 Å². The van der Waals surface area contributed by atoms with Gasteiger partial charge in [-0.2, -0.15) is 0 Å². The average Bonchev–Trinajstić information content (AvgIpc) is 2.47. The van der Waals surface area contributed by atoms with E-state index in [0.29, 0.717) is 31.0 Å². The lowest BCUT2D eigenvalue weighted by molar-refractivity contribution is -0.139. The molecular weight excluding hydrogens is 283 g/mol. The Kier molecular flexibility index (Phi) is 4.41. The summed E-state index contributed by atoms with van der Waals surface area (Å²) in [5.74, 6) is -0.451. The lowest BCUT2D eigenvalue weighted by Crippen LogP contribution is -2.49. The normalized spacial score (nSPS) is 22.3. The summed E-state index contributed by atoms with van der Waals surface area (Å²) in [6, 6.07) is 6.77. The lowest BCUT2D eigenvalue weighted by Gasteiger charge is -2.34. The third-order valence-corrected chi connectivity index (χ3v) is 4.64. The number of benzene rings is 1. The van der Waals surface area contributed by atoms with E-state index in [1.54, 1.807) is 23.1 Å². The van der Waals surface area contributed by atoms with E-state index >= 15 is 0 Å². The van der Waals surface area contributed by atoms with Crippen molar-refractivity contribution in [3.63, 3.8) is 0 Å². The molecule has 1 aromatic rings. The Hall–Kier alpha value is -1.91. The smallest absolute Gasteiger partial charge is 0.225 e. The second kappa shape index (κ2) is 6.46. The molecule has 2 fully saturated rings. The first-order valence-electron chi connectivity index (χ1n) is 7.95. The quantitative estimate of drug-likeness (QED) is 0.927. The molecule has 0 bridgehead atoms. The van der Waals surface area contributed by atoms with Crippen LogP contribution in [0.25, 0.3) is 0 Å². The second-order valence-electron chi connectivity index (χ2n) is 6.24. The van der Waals surface area contributed by atoms with Crippen LogP contribution < -0.4 is 5.32 Å². The highest BCUT2D eigenvalue weighted by molar-refractivity contribution is 5.84. The molecule has 22 heavy (non-hydrogen) atoms. The van der Waals surface area contributed by atoms with Crippen molar-refractivity contribution in [2.24, 2.45) is 5.92 Å². The van der Waals surface area contributed by atoms with Gasteiger partial charge < -0.3 is 10.2 Å². The van der Waals surface area contributed by atoms with Gasteiger partial charge in [-0.1, -0.05) is 18.2 Å². The summed E-state index contributed by atoms with van der Waals surface area (Å²) in [5.41, 5.74) is 0.496. The molecule has 0 radical (unpaired) electrons. The van der Waals surface area contributed by atoms with E-state index in [2.05, 4.69) is 5.32 Å². The molecule has 1 saturated carbocycles. The second-order valence-corrected chi connectivity index (χ2v) is 6.24. The highest BCUT2D eigenvalue weighted by atomic mass is 19.1. The van der Waals surface area contributed by atoms with Crippen LogP contribution in [0.15, 0.2) is 24.3 Å². The Morgan fingerprint density at radius 2 is 2.05 bits per heavy atom. The van der Waals surface area contributed by atoms with Crippen LogP contribution in [-0.4, -0.2) is 29.3 Å². The fraction of sp³-hybridized carbons (Fsp3) is 0.529. The maximum absolute atomic E-state index is 13.7. The molecule has 3 rings (SSSR count). The Balaban J connectivity index is 1.62. The number of nitrogens with zero attached hydrogens (tertiary/aromatic N) is 1. The fourth-order valence-electron chi connectivity index (χ4n) is 2.99. The summed E-state index contributed by atoms with van der Waals surface area (Å²) in [5, 5.41) is 3.05. The highest BCUT2D eigenvalue weighted by Crippen LogP contribution is 2.23. The molecule has 2 amide bonds. The number of hydrogen-bond donors (Lipinski definition) is 1. The molecule has 1 aromatic carbocycles. The minimum absolute atomic E-state index is 0.00375. The molecule has 0 aromatic heterocycles. The number of rotatable bonds is 4. The van der Waals surface area contributed by atoms with Crippen LogP contribution in [0.5, 0.6) is 0 Å². The summed E-state index contributed by atoms with van der Waals surface area (Å²) in [4.78, 5) is 25.9. The number of halogens is 1. The monoisotopic (exact) mass is 304 g/mol. The Bertz CT molecular complexity index is 572. The van der Waals surface area contributed by atoms with Crippen LogP contribution in [0.3, 0.4) is 0 Å². The Morgan fingerprint density at radius 3 is 2.73 bits per heavy atom. The molecule has 1 atom stereocenters. The average molecular weight is 304 g/mol. The van der Waals surface area contributed by atoms with E-state index in [1.165, 1.54) is 12.5 Å². The van der Waals surface area contributed by atoms with Crippen molar-refractivity contribution in [1.29, 1.82) is 0 Å². The molecule has 1 N–H and O–H groups in total. The van der Waals surface area contributed by atoms with E-state index in [0.717, 1.165) is 12.8 Å². The van der Waals surface area contributed by atoms with Crippen molar-refractivity contribution in [3.8, 4) is 0 Å². The maximum atomic E-state index is 13.7. The first-order valence-corrected chi connectivity index (χ1v) is 7.95. The summed E-state index contributed by atoms with van der Waals surface area (Å²) in [7, 11) is 0. The van der Waals surface area contributed by atoms with Crippen molar-refractivity contribution in [3.05, 3.63) is 35.6 Å². The van der Waals surface area contributed by atoms with Crippen molar-refractivity contribution >= 4 is 11.8 Å². The fourth-order valence-corrected chi connectivity index (χ4v) is 2.99. The zero-order chi connectivity index (χ0) is 15.5. The zero-order valence-electron chi connectivity index (χ0n) is 12.6. The number of amides is 2. The van der Waals surface area contributed by atoms with E-state index in [9.17, 15) is 14.0 Å². The Labute approximate surface area is 129 Å². The van der Waals surface area contributed by atoms with Crippen molar-refractivity contribution in [2.75, 3.05) is 6.54 Å². The molecule has 5 heteroatoms. The maximum Gasteiger partial charge on any atom is 0.225 e. The zero-order valence-corrected chi connectivity index (χ0v) is 12.6. The molecule has 118 valence electrons. The molecule has 1 aliphatic heterocycles. The van der Waals surface area contributed by atoms with Crippen molar-refractivity contribution in [1.82, 2.24) is 10.2 Å². The van der Waals surface area contributed by atoms with Gasteiger partial charge in [-0.3, -0.25) is 9.59 Å². The molecule has 0 spiro atoms. The van der Waals surface area contributed by atoms with Gasteiger partial charge in [0.05, 0.1) is 5.92 Å². The third-order valence-electron chi connectivity index (χ3n) is 4.64. The molecule has 1 heterocycles. The SMILES string of the molecule is O=C(NC1CCC1)[C@@H]1CCC(=O)N(Cc2ccccc2F)C1. The highest BCUT2D eigenvalue weighted by Gasteiger charge is 2.32. The van der Waals surface area contributed by atoms with Gasteiger partial charge in [0, 0.05) is 31.1 Å². The van der Waals surface area contributed by atoms with E-state index in [1.807, 2.05) is 0 Å².